The first-order valence-corrected chi connectivity index (χ1v) is 11.3. The van der Waals surface area contributed by atoms with E-state index in [4.69, 9.17) is 9.47 Å². The Labute approximate surface area is 192 Å². The molecule has 9 heteroatoms. The minimum Gasteiger partial charge on any atom is -0.353 e. The molecule has 0 saturated carbocycles. The lowest BCUT2D eigenvalue weighted by Gasteiger charge is -2.22. The molecule has 2 aromatic heterocycles. The summed E-state index contributed by atoms with van der Waals surface area (Å²) in [5, 5.41) is 3.10. The molecule has 33 heavy (non-hydrogen) atoms. The number of hydrogen-bond donors (Lipinski definition) is 1. The summed E-state index contributed by atoms with van der Waals surface area (Å²) in [5.74, 6) is -0.473. The third-order valence-corrected chi connectivity index (χ3v) is 5.37. The summed E-state index contributed by atoms with van der Waals surface area (Å²) in [6.45, 7) is 7.03. The lowest BCUT2D eigenvalue weighted by molar-refractivity contribution is -0.163. The molecule has 3 aromatic rings. The number of anilines is 2. The summed E-state index contributed by atoms with van der Waals surface area (Å²) in [6.07, 6.45) is 4.07. The van der Waals surface area contributed by atoms with Crippen LogP contribution in [0.5, 0.6) is 0 Å². The van der Waals surface area contributed by atoms with Gasteiger partial charge < -0.3 is 14.8 Å². The fourth-order valence-electron chi connectivity index (χ4n) is 3.62. The van der Waals surface area contributed by atoms with Gasteiger partial charge in [-0.15, -0.1) is 0 Å². The van der Waals surface area contributed by atoms with Crippen molar-refractivity contribution >= 4 is 22.4 Å². The molecule has 3 heterocycles. The largest absolute Gasteiger partial charge is 0.353 e. The Kier molecular flexibility index (Phi) is 8.35. The maximum absolute atomic E-state index is 14.4. The van der Waals surface area contributed by atoms with Crippen LogP contribution in [-0.4, -0.2) is 33.6 Å². The third kappa shape index (κ3) is 5.66. The molecule has 1 aliphatic rings. The van der Waals surface area contributed by atoms with Crippen molar-refractivity contribution in [3.8, 4) is 0 Å². The summed E-state index contributed by atoms with van der Waals surface area (Å²) in [4.78, 5) is 29.9. The van der Waals surface area contributed by atoms with E-state index in [1.54, 1.807) is 26.1 Å². The second-order valence-corrected chi connectivity index (χ2v) is 7.67. The zero-order valence-corrected chi connectivity index (χ0v) is 19.6. The van der Waals surface area contributed by atoms with Crippen LogP contribution in [0.1, 0.15) is 38.7 Å². The van der Waals surface area contributed by atoms with E-state index in [0.29, 0.717) is 13.2 Å². The number of pyridine rings is 1. The number of aryl methyl sites for hydroxylation is 2. The van der Waals surface area contributed by atoms with Crippen LogP contribution in [0.2, 0.25) is 0 Å². The van der Waals surface area contributed by atoms with E-state index in [-0.39, 0.29) is 46.4 Å². The fourth-order valence-corrected chi connectivity index (χ4v) is 3.62. The highest BCUT2D eigenvalue weighted by Gasteiger charge is 2.17. The number of ether oxygens (including phenoxy) is 2. The lowest BCUT2D eigenvalue weighted by Crippen LogP contribution is -2.29. The maximum atomic E-state index is 14.4. The van der Waals surface area contributed by atoms with E-state index < -0.39 is 5.82 Å². The minimum atomic E-state index is -0.473. The highest BCUT2D eigenvalue weighted by molar-refractivity contribution is 5.90. The molecule has 0 amide bonds. The van der Waals surface area contributed by atoms with Crippen molar-refractivity contribution in [3.63, 3.8) is 0 Å². The molecule has 4 rings (SSSR count). The van der Waals surface area contributed by atoms with Crippen LogP contribution in [0.4, 0.5) is 15.8 Å². The lowest BCUT2D eigenvalue weighted by atomic mass is 10.2. The van der Waals surface area contributed by atoms with E-state index in [1.807, 2.05) is 13.8 Å². The molecule has 1 aliphatic heterocycles. The van der Waals surface area contributed by atoms with Gasteiger partial charge in [-0.05, 0) is 43.9 Å². The van der Waals surface area contributed by atoms with Crippen molar-refractivity contribution in [3.05, 3.63) is 62.7 Å². The normalized spacial score (nSPS) is 15.7. The summed E-state index contributed by atoms with van der Waals surface area (Å²) in [6, 6.07) is 5.98. The van der Waals surface area contributed by atoms with Crippen LogP contribution in [0.15, 0.2) is 40.2 Å². The Hall–Kier alpha value is -3.04. The van der Waals surface area contributed by atoms with Crippen molar-refractivity contribution in [1.82, 2.24) is 14.1 Å². The number of nitrogens with zero attached hydrogens (tertiary/aromatic N) is 3. The van der Waals surface area contributed by atoms with Crippen molar-refractivity contribution in [2.75, 3.05) is 18.5 Å². The average molecular weight is 459 g/mol. The standard InChI is InChI=1S/C22H25FN4O4.C2H6/c1-14-6-7-16(15(23)11-14)25-17-12-18(28)26(2)21-20(17)22(29)27(13-24-21)8-10-31-19-5-3-4-9-30-19;1-2/h6-7,11-13,19,25H,3-5,8-10H2,1-2H3;1-2H3. The molecular formula is C24H31FN4O4. The first-order chi connectivity index (χ1) is 15.9. The Bertz CT molecular complexity index is 1220. The van der Waals surface area contributed by atoms with Crippen molar-refractivity contribution in [1.29, 1.82) is 0 Å². The molecule has 1 aromatic carbocycles. The van der Waals surface area contributed by atoms with Gasteiger partial charge in [0.05, 0.1) is 30.9 Å². The highest BCUT2D eigenvalue weighted by atomic mass is 19.1. The molecule has 0 bridgehead atoms. The van der Waals surface area contributed by atoms with Crippen LogP contribution in [0.25, 0.3) is 11.0 Å². The van der Waals surface area contributed by atoms with Gasteiger partial charge in [0.25, 0.3) is 11.1 Å². The predicted molar refractivity (Wildman–Crippen MR) is 127 cm³/mol. The number of halogens is 1. The number of hydrogen-bond acceptors (Lipinski definition) is 6. The Morgan fingerprint density at radius 2 is 2.00 bits per heavy atom. The zero-order valence-electron chi connectivity index (χ0n) is 19.6. The van der Waals surface area contributed by atoms with Gasteiger partial charge in [-0.3, -0.25) is 18.7 Å². The zero-order chi connectivity index (χ0) is 24.0. The fraction of sp³-hybridized carbons (Fsp3) is 0.458. The molecule has 1 saturated heterocycles. The van der Waals surface area contributed by atoms with Gasteiger partial charge in [-0.2, -0.15) is 0 Å². The minimum absolute atomic E-state index is 0.174. The first-order valence-electron chi connectivity index (χ1n) is 11.3. The second kappa shape index (κ2) is 11.2. The number of fused-ring (bicyclic) bond motifs is 1. The number of rotatable bonds is 6. The summed E-state index contributed by atoms with van der Waals surface area (Å²) in [5.41, 5.74) is 0.675. The Morgan fingerprint density at radius 3 is 2.70 bits per heavy atom. The average Bonchev–Trinajstić information content (AvgIpc) is 2.82. The van der Waals surface area contributed by atoms with Crippen molar-refractivity contribution in [2.45, 2.75) is 52.9 Å². The number of benzene rings is 1. The smallest absolute Gasteiger partial charge is 0.264 e. The third-order valence-electron chi connectivity index (χ3n) is 5.37. The summed E-state index contributed by atoms with van der Waals surface area (Å²) >= 11 is 0. The SMILES string of the molecule is CC.Cc1ccc(Nc2cc(=O)n(C)c3ncn(CCOC4CCCCO4)c(=O)c23)c(F)c1. The van der Waals surface area contributed by atoms with Crippen LogP contribution in [0, 0.1) is 12.7 Å². The maximum Gasteiger partial charge on any atom is 0.264 e. The molecule has 1 fully saturated rings. The van der Waals surface area contributed by atoms with E-state index in [0.717, 1.165) is 24.8 Å². The molecule has 0 aliphatic carbocycles. The Balaban J connectivity index is 0.00000149. The van der Waals surface area contributed by atoms with Crippen LogP contribution < -0.4 is 16.4 Å². The number of aromatic nitrogens is 3. The van der Waals surface area contributed by atoms with Crippen LogP contribution in [-0.2, 0) is 23.1 Å². The van der Waals surface area contributed by atoms with Crippen LogP contribution in [0.3, 0.4) is 0 Å². The quantitative estimate of drug-likeness (QED) is 0.604. The molecule has 0 radical (unpaired) electrons. The van der Waals surface area contributed by atoms with Gasteiger partial charge in [0, 0.05) is 19.7 Å². The van der Waals surface area contributed by atoms with Gasteiger partial charge in [0.1, 0.15) is 11.2 Å². The monoisotopic (exact) mass is 458 g/mol. The van der Waals surface area contributed by atoms with E-state index in [1.165, 1.54) is 27.6 Å². The molecule has 1 unspecified atom stereocenters. The van der Waals surface area contributed by atoms with E-state index in [2.05, 4.69) is 10.3 Å². The van der Waals surface area contributed by atoms with Gasteiger partial charge in [-0.1, -0.05) is 19.9 Å². The summed E-state index contributed by atoms with van der Waals surface area (Å²) < 4.78 is 28.3. The molecular weight excluding hydrogens is 427 g/mol. The van der Waals surface area contributed by atoms with Gasteiger partial charge in [0.15, 0.2) is 11.9 Å². The highest BCUT2D eigenvalue weighted by Crippen LogP contribution is 2.24. The van der Waals surface area contributed by atoms with Gasteiger partial charge in [-0.25, -0.2) is 9.37 Å². The predicted octanol–water partition coefficient (Wildman–Crippen LogP) is 3.86. The van der Waals surface area contributed by atoms with Crippen molar-refractivity contribution in [2.24, 2.45) is 7.05 Å². The molecule has 178 valence electrons. The summed E-state index contributed by atoms with van der Waals surface area (Å²) in [7, 11) is 1.54. The topological polar surface area (TPSA) is 87.4 Å². The van der Waals surface area contributed by atoms with Crippen LogP contribution >= 0.6 is 0 Å². The Morgan fingerprint density at radius 1 is 1.21 bits per heavy atom. The second-order valence-electron chi connectivity index (χ2n) is 7.67. The van der Waals surface area contributed by atoms with E-state index >= 15 is 0 Å². The number of nitrogens with one attached hydrogen (secondary N) is 1. The molecule has 0 spiro atoms. The van der Waals surface area contributed by atoms with Gasteiger partial charge >= 0.3 is 0 Å². The molecule has 1 atom stereocenters. The van der Waals surface area contributed by atoms with E-state index in [9.17, 15) is 14.0 Å². The molecule has 8 nitrogen and oxygen atoms in total. The van der Waals surface area contributed by atoms with Crippen molar-refractivity contribution < 1.29 is 13.9 Å². The first kappa shape index (κ1) is 24.6. The van der Waals surface area contributed by atoms with Gasteiger partial charge in [0.2, 0.25) is 0 Å². The molecule has 1 N–H and O–H groups in total.